The van der Waals surface area contributed by atoms with Crippen molar-refractivity contribution in [2.75, 3.05) is 6.61 Å². The predicted molar refractivity (Wildman–Crippen MR) is 190 cm³/mol. The number of aliphatic imine (C=N–C) groups is 1. The van der Waals surface area contributed by atoms with E-state index in [1.165, 1.54) is 12.1 Å². The van der Waals surface area contributed by atoms with Gasteiger partial charge in [0.05, 0.1) is 38.7 Å². The van der Waals surface area contributed by atoms with E-state index in [-0.39, 0.29) is 38.7 Å². The predicted octanol–water partition coefficient (Wildman–Crippen LogP) is 8.99. The average Bonchev–Trinajstić information content (AvgIpc) is 3.17. The maximum atomic E-state index is 14.6. The summed E-state index contributed by atoms with van der Waals surface area (Å²) in [7, 11) is 0. The number of halogens is 3. The molecule has 1 heterocycles. The van der Waals surface area contributed by atoms with Gasteiger partial charge in [0.1, 0.15) is 24.4 Å². The summed E-state index contributed by atoms with van der Waals surface area (Å²) in [5.74, 6) is -1.48. The molecule has 5 aromatic rings. The van der Waals surface area contributed by atoms with E-state index in [1.54, 1.807) is 18.2 Å². The zero-order valence-corrected chi connectivity index (χ0v) is 28.4. The van der Waals surface area contributed by atoms with Crippen LogP contribution in [0.1, 0.15) is 22.3 Å². The number of para-hydroxylation sites is 1. The van der Waals surface area contributed by atoms with Crippen molar-refractivity contribution in [1.82, 2.24) is 0 Å². The van der Waals surface area contributed by atoms with E-state index < -0.39 is 42.8 Å². The van der Waals surface area contributed by atoms with Gasteiger partial charge < -0.3 is 28.4 Å². The Morgan fingerprint density at radius 3 is 1.38 bits per heavy atom. The first kappa shape index (κ1) is 36.9. The number of nitrogens with zero attached hydrogens (tertiary/aromatic N) is 1. The van der Waals surface area contributed by atoms with Crippen molar-refractivity contribution >= 4 is 11.6 Å². The van der Waals surface area contributed by atoms with Gasteiger partial charge in [-0.25, -0.2) is 4.99 Å². The minimum atomic E-state index is -4.95. The molecule has 10 heteroatoms. The van der Waals surface area contributed by atoms with E-state index >= 15 is 0 Å². The first-order chi connectivity index (χ1) is 25.4. The lowest BCUT2D eigenvalue weighted by Gasteiger charge is -2.45. The van der Waals surface area contributed by atoms with Gasteiger partial charge in [-0.1, -0.05) is 140 Å². The van der Waals surface area contributed by atoms with Gasteiger partial charge in [0.2, 0.25) is 6.29 Å². The molecule has 1 aliphatic heterocycles. The summed E-state index contributed by atoms with van der Waals surface area (Å²) < 4.78 is 81.8. The maximum absolute atomic E-state index is 14.6. The number of rotatable bonds is 15. The third kappa shape index (κ3) is 10.8. The van der Waals surface area contributed by atoms with E-state index in [0.717, 1.165) is 22.3 Å². The number of hydrogen-bond donors (Lipinski definition) is 0. The summed E-state index contributed by atoms with van der Waals surface area (Å²) in [5.41, 5.74) is 3.53. The van der Waals surface area contributed by atoms with E-state index in [2.05, 4.69) is 4.99 Å². The van der Waals surface area contributed by atoms with Crippen molar-refractivity contribution < 1.29 is 41.6 Å². The van der Waals surface area contributed by atoms with Crippen LogP contribution in [0, 0.1) is 0 Å². The van der Waals surface area contributed by atoms with Crippen LogP contribution in [0.4, 0.5) is 18.9 Å². The molecule has 0 saturated carbocycles. The van der Waals surface area contributed by atoms with Gasteiger partial charge in [-0.15, -0.1) is 0 Å². The van der Waals surface area contributed by atoms with Gasteiger partial charge in [-0.05, 0) is 34.4 Å². The fourth-order valence-corrected chi connectivity index (χ4v) is 5.73. The lowest BCUT2D eigenvalue weighted by Crippen LogP contribution is -2.62. The summed E-state index contributed by atoms with van der Waals surface area (Å²) in [5, 5.41) is 0. The van der Waals surface area contributed by atoms with E-state index in [0.29, 0.717) is 0 Å². The summed E-state index contributed by atoms with van der Waals surface area (Å²) in [6, 6.07) is 45.7. The van der Waals surface area contributed by atoms with Crippen LogP contribution in [0.5, 0.6) is 0 Å². The quantitative estimate of drug-likeness (QED) is 0.0798. The molecule has 1 fully saturated rings. The SMILES string of the molecule is FC(F)(F)C(=Nc1ccccc1)O[C@@H]1OC(COCc2ccccc2)[C@@H](OCc2ccccc2)C(OCc2ccccc2)C1OCc1ccccc1. The summed E-state index contributed by atoms with van der Waals surface area (Å²) >= 11 is 0. The molecule has 7 nitrogen and oxygen atoms in total. The number of ether oxygens (including phenoxy) is 6. The number of hydrogen-bond acceptors (Lipinski definition) is 7. The second-order valence-corrected chi connectivity index (χ2v) is 12.2. The van der Waals surface area contributed by atoms with E-state index in [4.69, 9.17) is 28.4 Å². The smallest absolute Gasteiger partial charge is 0.441 e. The number of benzene rings is 5. The molecule has 6 rings (SSSR count). The van der Waals surface area contributed by atoms with Crippen molar-refractivity contribution in [2.45, 2.75) is 63.3 Å². The largest absolute Gasteiger partial charge is 0.468 e. The molecule has 0 amide bonds. The Labute approximate surface area is 301 Å². The van der Waals surface area contributed by atoms with Crippen molar-refractivity contribution in [1.29, 1.82) is 0 Å². The van der Waals surface area contributed by atoms with Crippen molar-refractivity contribution in [3.8, 4) is 0 Å². The lowest BCUT2D eigenvalue weighted by atomic mass is 9.97. The standard InChI is InChI=1S/C42H40F3NO6/c43-42(44,45)41(46-35-24-14-5-15-25-35)52-40-39(50-29-34-22-12-4-13-23-34)38(49-28-33-20-10-3-11-21-33)37(48-27-32-18-8-2-9-19-32)36(51-40)30-47-26-31-16-6-1-7-17-31/h1-25,36-40H,26-30H2/t36?,37-,38?,39?,40+/m1/s1. The zero-order chi connectivity index (χ0) is 36.0. The molecule has 0 spiro atoms. The van der Waals surface area contributed by atoms with Crippen LogP contribution in [0.2, 0.25) is 0 Å². The van der Waals surface area contributed by atoms with E-state index in [1.807, 2.05) is 121 Å². The Kier molecular flexibility index (Phi) is 13.2. The Bertz CT molecular complexity index is 1780. The topological polar surface area (TPSA) is 67.7 Å². The van der Waals surface area contributed by atoms with Crippen molar-refractivity contribution in [3.63, 3.8) is 0 Å². The first-order valence-electron chi connectivity index (χ1n) is 17.0. The van der Waals surface area contributed by atoms with E-state index in [9.17, 15) is 13.2 Å². The Hall–Kier alpha value is -4.84. The number of alkyl halides is 3. The molecule has 0 N–H and O–H groups in total. The summed E-state index contributed by atoms with van der Waals surface area (Å²) in [4.78, 5) is 3.85. The first-order valence-corrected chi connectivity index (χ1v) is 17.0. The van der Waals surface area contributed by atoms with Crippen molar-refractivity contribution in [3.05, 3.63) is 174 Å². The van der Waals surface area contributed by atoms with Crippen molar-refractivity contribution in [2.24, 2.45) is 4.99 Å². The molecule has 270 valence electrons. The third-order valence-electron chi connectivity index (χ3n) is 8.30. The lowest BCUT2D eigenvalue weighted by molar-refractivity contribution is -0.316. The molecule has 5 aromatic carbocycles. The van der Waals surface area contributed by atoms with Crippen LogP contribution >= 0.6 is 0 Å². The average molecular weight is 712 g/mol. The molecular formula is C42H40F3NO6. The Balaban J connectivity index is 1.37. The maximum Gasteiger partial charge on any atom is 0.468 e. The fraction of sp³-hybridized carbons (Fsp3) is 0.262. The summed E-state index contributed by atoms with van der Waals surface area (Å²) in [6.45, 7) is 0.538. The van der Waals surface area contributed by atoms with Crippen LogP contribution in [0.25, 0.3) is 0 Å². The zero-order valence-electron chi connectivity index (χ0n) is 28.4. The van der Waals surface area contributed by atoms with Crippen LogP contribution in [0.15, 0.2) is 157 Å². The molecule has 0 aromatic heterocycles. The highest BCUT2D eigenvalue weighted by molar-refractivity contribution is 5.84. The molecule has 0 bridgehead atoms. The van der Waals surface area contributed by atoms with Gasteiger partial charge in [-0.2, -0.15) is 13.2 Å². The Morgan fingerprint density at radius 2 is 0.923 bits per heavy atom. The second-order valence-electron chi connectivity index (χ2n) is 12.2. The minimum absolute atomic E-state index is 0.0394. The molecular weight excluding hydrogens is 671 g/mol. The highest BCUT2D eigenvalue weighted by atomic mass is 19.4. The van der Waals surface area contributed by atoms with Crippen LogP contribution in [0.3, 0.4) is 0 Å². The second kappa shape index (κ2) is 18.6. The molecule has 52 heavy (non-hydrogen) atoms. The van der Waals surface area contributed by atoms with Crippen LogP contribution in [-0.4, -0.2) is 49.4 Å². The van der Waals surface area contributed by atoms with Gasteiger partial charge in [0.25, 0.3) is 5.90 Å². The highest BCUT2D eigenvalue weighted by Crippen LogP contribution is 2.34. The highest BCUT2D eigenvalue weighted by Gasteiger charge is 2.52. The molecule has 0 aliphatic carbocycles. The third-order valence-corrected chi connectivity index (χ3v) is 8.30. The molecule has 5 atom stereocenters. The van der Waals surface area contributed by atoms with Crippen LogP contribution in [-0.2, 0) is 54.8 Å². The van der Waals surface area contributed by atoms with Gasteiger partial charge in [0.15, 0.2) is 0 Å². The molecule has 1 aliphatic rings. The van der Waals surface area contributed by atoms with Gasteiger partial charge >= 0.3 is 6.18 Å². The molecule has 0 radical (unpaired) electrons. The molecule has 1 saturated heterocycles. The monoisotopic (exact) mass is 711 g/mol. The normalized spacial score (nSPS) is 20.8. The fourth-order valence-electron chi connectivity index (χ4n) is 5.73. The molecule has 3 unspecified atom stereocenters. The summed E-state index contributed by atoms with van der Waals surface area (Å²) in [6.07, 6.45) is -10.5. The minimum Gasteiger partial charge on any atom is -0.441 e. The van der Waals surface area contributed by atoms with Crippen LogP contribution < -0.4 is 0 Å². The van der Waals surface area contributed by atoms with Gasteiger partial charge in [0, 0.05) is 0 Å². The Morgan fingerprint density at radius 1 is 0.519 bits per heavy atom. The van der Waals surface area contributed by atoms with Gasteiger partial charge in [-0.3, -0.25) is 0 Å².